The van der Waals surface area contributed by atoms with E-state index in [0.717, 1.165) is 18.4 Å². The number of phenolic OH excluding ortho intramolecular Hbond substituents is 1. The molecule has 0 saturated heterocycles. The van der Waals surface area contributed by atoms with Crippen molar-refractivity contribution in [2.75, 3.05) is 13.7 Å². The average Bonchev–Trinajstić information content (AvgIpc) is 3.00. The number of phenols is 1. The first-order chi connectivity index (χ1) is 7.23. The lowest BCUT2D eigenvalue weighted by Crippen LogP contribution is -2.18. The monoisotopic (exact) mass is 209 g/mol. The zero-order valence-electron chi connectivity index (χ0n) is 8.69. The van der Waals surface area contributed by atoms with E-state index in [-0.39, 0.29) is 11.2 Å². The third kappa shape index (κ3) is 1.66. The molecule has 1 fully saturated rings. The maximum atomic E-state index is 9.97. The van der Waals surface area contributed by atoms with Crippen LogP contribution in [0.2, 0.25) is 0 Å². The third-order valence-electron chi connectivity index (χ3n) is 3.00. The zero-order valence-corrected chi connectivity index (χ0v) is 8.69. The van der Waals surface area contributed by atoms with Gasteiger partial charge in [-0.3, -0.25) is 0 Å². The lowest BCUT2D eigenvalue weighted by atomic mass is 9.95. The molecule has 0 unspecified atom stereocenters. The van der Waals surface area contributed by atoms with Gasteiger partial charge in [-0.15, -0.1) is 0 Å². The van der Waals surface area contributed by atoms with Gasteiger partial charge in [-0.25, -0.2) is 5.90 Å². The highest BCUT2D eigenvalue weighted by molar-refractivity contribution is 5.51. The van der Waals surface area contributed by atoms with E-state index >= 15 is 0 Å². The number of rotatable bonds is 4. The Bertz CT molecular complexity index is 361. The molecule has 4 heteroatoms. The van der Waals surface area contributed by atoms with E-state index in [1.807, 2.05) is 12.1 Å². The molecule has 0 spiro atoms. The van der Waals surface area contributed by atoms with Gasteiger partial charge in [0.05, 0.1) is 13.7 Å². The largest absolute Gasteiger partial charge is 0.504 e. The van der Waals surface area contributed by atoms with Gasteiger partial charge in [-0.1, -0.05) is 12.1 Å². The van der Waals surface area contributed by atoms with Crippen molar-refractivity contribution in [2.24, 2.45) is 5.90 Å². The topological polar surface area (TPSA) is 64.7 Å². The zero-order chi connectivity index (χ0) is 10.9. The number of hydrogen-bond acceptors (Lipinski definition) is 4. The predicted molar refractivity (Wildman–Crippen MR) is 55.7 cm³/mol. The number of benzene rings is 1. The first-order valence-corrected chi connectivity index (χ1v) is 4.92. The summed E-state index contributed by atoms with van der Waals surface area (Å²) in [6, 6.07) is 5.49. The maximum absolute atomic E-state index is 9.97. The molecule has 0 heterocycles. The Morgan fingerprint density at radius 3 is 2.73 bits per heavy atom. The second-order valence-corrected chi connectivity index (χ2v) is 3.95. The second kappa shape index (κ2) is 3.72. The lowest BCUT2D eigenvalue weighted by molar-refractivity contribution is 0.115. The molecule has 0 radical (unpaired) electrons. The van der Waals surface area contributed by atoms with Gasteiger partial charge in [0.1, 0.15) is 0 Å². The normalized spacial score (nSPS) is 17.5. The molecule has 0 bridgehead atoms. The van der Waals surface area contributed by atoms with Gasteiger partial charge in [-0.2, -0.15) is 0 Å². The van der Waals surface area contributed by atoms with E-state index in [1.54, 1.807) is 6.07 Å². The SMILES string of the molecule is COc1cccc(C2(CON)CC2)c1O. The third-order valence-corrected chi connectivity index (χ3v) is 3.00. The van der Waals surface area contributed by atoms with E-state index in [2.05, 4.69) is 0 Å². The van der Waals surface area contributed by atoms with Crippen LogP contribution >= 0.6 is 0 Å². The summed E-state index contributed by atoms with van der Waals surface area (Å²) in [5, 5.41) is 9.97. The van der Waals surface area contributed by atoms with Gasteiger partial charge in [0, 0.05) is 11.0 Å². The Morgan fingerprint density at radius 1 is 1.47 bits per heavy atom. The van der Waals surface area contributed by atoms with Crippen molar-refractivity contribution < 1.29 is 14.7 Å². The van der Waals surface area contributed by atoms with Crippen LogP contribution in [0.3, 0.4) is 0 Å². The summed E-state index contributed by atoms with van der Waals surface area (Å²) < 4.78 is 5.06. The number of aromatic hydroxyl groups is 1. The van der Waals surface area contributed by atoms with Crippen LogP contribution in [0.4, 0.5) is 0 Å². The molecule has 0 amide bonds. The van der Waals surface area contributed by atoms with E-state index in [4.69, 9.17) is 15.5 Å². The Hall–Kier alpha value is -1.26. The molecule has 82 valence electrons. The van der Waals surface area contributed by atoms with Crippen molar-refractivity contribution >= 4 is 0 Å². The first kappa shape index (κ1) is 10.3. The van der Waals surface area contributed by atoms with Gasteiger partial charge in [0.2, 0.25) is 0 Å². The minimum Gasteiger partial charge on any atom is -0.504 e. The highest BCUT2D eigenvalue weighted by Crippen LogP contribution is 2.52. The fraction of sp³-hybridized carbons (Fsp3) is 0.455. The molecule has 0 atom stereocenters. The van der Waals surface area contributed by atoms with Crippen molar-refractivity contribution in [3.05, 3.63) is 23.8 Å². The average molecular weight is 209 g/mol. The van der Waals surface area contributed by atoms with Crippen LogP contribution in [-0.2, 0) is 10.3 Å². The molecule has 1 aliphatic carbocycles. The van der Waals surface area contributed by atoms with Gasteiger partial charge in [-0.05, 0) is 18.9 Å². The number of para-hydroxylation sites is 1. The predicted octanol–water partition coefficient (Wildman–Crippen LogP) is 1.32. The van der Waals surface area contributed by atoms with Crippen molar-refractivity contribution in [3.8, 4) is 11.5 Å². The molecule has 15 heavy (non-hydrogen) atoms. The summed E-state index contributed by atoms with van der Waals surface area (Å²) in [5.74, 6) is 5.80. The molecule has 1 saturated carbocycles. The van der Waals surface area contributed by atoms with E-state index in [0.29, 0.717) is 12.4 Å². The smallest absolute Gasteiger partial charge is 0.161 e. The molecular formula is C11H15NO3. The van der Waals surface area contributed by atoms with Crippen LogP contribution in [0.15, 0.2) is 18.2 Å². The molecule has 3 N–H and O–H groups in total. The highest BCUT2D eigenvalue weighted by atomic mass is 16.6. The van der Waals surface area contributed by atoms with Crippen molar-refractivity contribution in [1.82, 2.24) is 0 Å². The van der Waals surface area contributed by atoms with Gasteiger partial charge in [0.25, 0.3) is 0 Å². The van der Waals surface area contributed by atoms with E-state index < -0.39 is 0 Å². The van der Waals surface area contributed by atoms with Gasteiger partial charge in [0.15, 0.2) is 11.5 Å². The summed E-state index contributed by atoms with van der Waals surface area (Å²) in [7, 11) is 1.54. The maximum Gasteiger partial charge on any atom is 0.161 e. The van der Waals surface area contributed by atoms with Crippen LogP contribution in [-0.4, -0.2) is 18.8 Å². The van der Waals surface area contributed by atoms with Crippen LogP contribution < -0.4 is 10.6 Å². The van der Waals surface area contributed by atoms with E-state index in [1.165, 1.54) is 7.11 Å². The number of nitrogens with two attached hydrogens (primary N) is 1. The van der Waals surface area contributed by atoms with Crippen molar-refractivity contribution in [1.29, 1.82) is 0 Å². The Labute approximate surface area is 88.6 Å². The quantitative estimate of drug-likeness (QED) is 0.734. The van der Waals surface area contributed by atoms with Gasteiger partial charge < -0.3 is 14.7 Å². The van der Waals surface area contributed by atoms with Crippen LogP contribution in [0.1, 0.15) is 18.4 Å². The van der Waals surface area contributed by atoms with Crippen molar-refractivity contribution in [3.63, 3.8) is 0 Å². The lowest BCUT2D eigenvalue weighted by Gasteiger charge is -2.16. The fourth-order valence-corrected chi connectivity index (χ4v) is 1.92. The summed E-state index contributed by atoms with van der Waals surface area (Å²) in [5.41, 5.74) is 0.764. The molecule has 4 nitrogen and oxygen atoms in total. The van der Waals surface area contributed by atoms with Crippen LogP contribution in [0.25, 0.3) is 0 Å². The minimum absolute atomic E-state index is 0.104. The Kier molecular flexibility index (Phi) is 2.54. The molecule has 1 aromatic carbocycles. The molecule has 1 aliphatic rings. The summed E-state index contributed by atoms with van der Waals surface area (Å²) in [6.07, 6.45) is 1.98. The summed E-state index contributed by atoms with van der Waals surface area (Å²) >= 11 is 0. The number of ether oxygens (including phenoxy) is 1. The number of hydrogen-bond donors (Lipinski definition) is 2. The Balaban J connectivity index is 2.36. The molecule has 1 aromatic rings. The Morgan fingerprint density at radius 2 is 2.20 bits per heavy atom. The van der Waals surface area contributed by atoms with Crippen molar-refractivity contribution in [2.45, 2.75) is 18.3 Å². The first-order valence-electron chi connectivity index (χ1n) is 4.92. The highest BCUT2D eigenvalue weighted by Gasteiger charge is 2.46. The fourth-order valence-electron chi connectivity index (χ4n) is 1.92. The summed E-state index contributed by atoms with van der Waals surface area (Å²) in [6.45, 7) is 0.438. The minimum atomic E-state index is -0.104. The standard InChI is InChI=1S/C11H15NO3/c1-14-9-4-2-3-8(10(9)13)11(5-6-11)7-15-12/h2-4,13H,5-7,12H2,1H3. The number of methoxy groups -OCH3 is 1. The molecule has 2 rings (SSSR count). The molecular weight excluding hydrogens is 194 g/mol. The molecule has 0 aromatic heterocycles. The van der Waals surface area contributed by atoms with Crippen LogP contribution in [0.5, 0.6) is 11.5 Å². The molecule has 0 aliphatic heterocycles. The van der Waals surface area contributed by atoms with E-state index in [9.17, 15) is 5.11 Å². The second-order valence-electron chi connectivity index (χ2n) is 3.95. The summed E-state index contributed by atoms with van der Waals surface area (Å²) in [4.78, 5) is 4.70. The van der Waals surface area contributed by atoms with Crippen LogP contribution in [0, 0.1) is 0 Å². The van der Waals surface area contributed by atoms with Gasteiger partial charge >= 0.3 is 0 Å².